The van der Waals surface area contributed by atoms with Gasteiger partial charge in [0.25, 0.3) is 0 Å². The van der Waals surface area contributed by atoms with Crippen LogP contribution in [0.15, 0.2) is 218 Å². The van der Waals surface area contributed by atoms with E-state index >= 15 is 0 Å². The highest BCUT2D eigenvalue weighted by molar-refractivity contribution is 6.10. The largest absolute Gasteiger partial charge is 0.310 e. The monoisotopic (exact) mass is 688 g/mol. The minimum absolute atomic E-state index is 1.08. The minimum Gasteiger partial charge on any atom is -0.310 e. The molecule has 0 fully saturated rings. The van der Waals surface area contributed by atoms with Crippen LogP contribution in [-0.2, 0) is 0 Å². The fourth-order valence-corrected chi connectivity index (χ4v) is 7.94. The molecule has 0 bridgehead atoms. The number of aromatic nitrogens is 1. The van der Waals surface area contributed by atoms with Crippen molar-refractivity contribution < 1.29 is 0 Å². The normalized spacial score (nSPS) is 11.3. The van der Waals surface area contributed by atoms with Gasteiger partial charge < -0.3 is 9.47 Å². The predicted molar refractivity (Wildman–Crippen MR) is 229 cm³/mol. The number of nitrogens with zero attached hydrogens (tertiary/aromatic N) is 2. The van der Waals surface area contributed by atoms with Crippen molar-refractivity contribution in [1.82, 2.24) is 4.57 Å². The summed E-state index contributed by atoms with van der Waals surface area (Å²) in [7, 11) is 0. The summed E-state index contributed by atoms with van der Waals surface area (Å²) in [6, 6.07) is 79.0. The van der Waals surface area contributed by atoms with Gasteiger partial charge in [0.1, 0.15) is 0 Å². The molecule has 2 nitrogen and oxygen atoms in total. The summed E-state index contributed by atoms with van der Waals surface area (Å²) in [6.07, 6.45) is 0. The van der Waals surface area contributed by atoms with Gasteiger partial charge in [0.15, 0.2) is 0 Å². The van der Waals surface area contributed by atoms with Crippen LogP contribution < -0.4 is 4.90 Å². The molecule has 9 aromatic carbocycles. The Morgan fingerprint density at radius 1 is 0.296 bits per heavy atom. The Morgan fingerprint density at radius 2 is 0.741 bits per heavy atom. The molecule has 2 heteroatoms. The fraction of sp³-hybridized carbons (Fsp3) is 0. The van der Waals surface area contributed by atoms with E-state index in [2.05, 4.69) is 228 Å². The van der Waals surface area contributed by atoms with Crippen molar-refractivity contribution in [3.05, 3.63) is 218 Å². The molecule has 0 aliphatic carbocycles. The van der Waals surface area contributed by atoms with E-state index in [1.165, 1.54) is 66.0 Å². The second-order valence-electron chi connectivity index (χ2n) is 13.8. The molecule has 0 aliphatic rings. The Hall–Kier alpha value is -7.16. The van der Waals surface area contributed by atoms with Crippen LogP contribution >= 0.6 is 0 Å². The number of anilines is 3. The van der Waals surface area contributed by atoms with E-state index in [4.69, 9.17) is 0 Å². The van der Waals surface area contributed by atoms with Crippen molar-refractivity contribution >= 4 is 49.6 Å². The van der Waals surface area contributed by atoms with Gasteiger partial charge in [-0.3, -0.25) is 0 Å². The topological polar surface area (TPSA) is 8.17 Å². The van der Waals surface area contributed by atoms with E-state index in [1.807, 2.05) is 0 Å². The first-order chi connectivity index (χ1) is 26.8. The number of rotatable bonds is 7. The zero-order chi connectivity index (χ0) is 35.8. The molecule has 0 spiro atoms. The second-order valence-corrected chi connectivity index (χ2v) is 13.8. The summed E-state index contributed by atoms with van der Waals surface area (Å²) in [4.78, 5) is 2.38. The first kappa shape index (κ1) is 31.6. The smallest absolute Gasteiger partial charge is 0.0561 e. The molecule has 0 amide bonds. The van der Waals surface area contributed by atoms with E-state index in [-0.39, 0.29) is 0 Å². The molecule has 0 N–H and O–H groups in total. The Balaban J connectivity index is 1.20. The molecular formula is C52H36N2. The standard InChI is InChI=1S/C52H36N2/c1-3-13-37(14-4-1)40-25-29-44(30-26-40)53(45-31-27-41(28-32-45)38-15-5-2-6-16-38)46-33-34-47(43-24-23-39-17-7-8-18-42(39)35-43)52(36-46)54-50-21-11-9-19-48(50)49-20-10-12-22-51(49)54/h1-36H. The predicted octanol–water partition coefficient (Wildman–Crippen LogP) is 14.4. The van der Waals surface area contributed by atoms with Gasteiger partial charge in [-0.1, -0.05) is 164 Å². The van der Waals surface area contributed by atoms with Crippen LogP contribution in [0.1, 0.15) is 0 Å². The molecule has 0 saturated heterocycles. The van der Waals surface area contributed by atoms with Gasteiger partial charge in [-0.05, 0) is 93.2 Å². The second kappa shape index (κ2) is 13.4. The van der Waals surface area contributed by atoms with Crippen molar-refractivity contribution in [2.45, 2.75) is 0 Å². The van der Waals surface area contributed by atoms with Crippen LogP contribution in [0.4, 0.5) is 17.1 Å². The minimum atomic E-state index is 1.08. The summed E-state index contributed by atoms with van der Waals surface area (Å²) >= 11 is 0. The van der Waals surface area contributed by atoms with Crippen molar-refractivity contribution in [3.8, 4) is 39.1 Å². The molecular weight excluding hydrogens is 653 g/mol. The van der Waals surface area contributed by atoms with Gasteiger partial charge in [0, 0.05) is 33.4 Å². The molecule has 0 unspecified atom stereocenters. The Kier molecular flexibility index (Phi) is 7.85. The summed E-state index contributed by atoms with van der Waals surface area (Å²) < 4.78 is 2.45. The molecule has 10 rings (SSSR count). The molecule has 254 valence electrons. The molecule has 1 aromatic heterocycles. The molecule has 0 aliphatic heterocycles. The third-order valence-electron chi connectivity index (χ3n) is 10.6. The Labute approximate surface area is 315 Å². The van der Waals surface area contributed by atoms with E-state index in [9.17, 15) is 0 Å². The first-order valence-electron chi connectivity index (χ1n) is 18.5. The summed E-state index contributed by atoms with van der Waals surface area (Å²) in [5.41, 5.74) is 13.9. The van der Waals surface area contributed by atoms with Crippen molar-refractivity contribution in [2.24, 2.45) is 0 Å². The highest BCUT2D eigenvalue weighted by Crippen LogP contribution is 2.42. The van der Waals surface area contributed by atoms with Gasteiger partial charge in [0.05, 0.1) is 16.7 Å². The number of hydrogen-bond acceptors (Lipinski definition) is 1. The van der Waals surface area contributed by atoms with Crippen LogP contribution in [0, 0.1) is 0 Å². The summed E-state index contributed by atoms with van der Waals surface area (Å²) in [5.74, 6) is 0. The van der Waals surface area contributed by atoms with E-state index < -0.39 is 0 Å². The molecule has 0 radical (unpaired) electrons. The third kappa shape index (κ3) is 5.62. The van der Waals surface area contributed by atoms with Crippen molar-refractivity contribution in [3.63, 3.8) is 0 Å². The van der Waals surface area contributed by atoms with Gasteiger partial charge in [0.2, 0.25) is 0 Å². The first-order valence-corrected chi connectivity index (χ1v) is 18.5. The molecule has 54 heavy (non-hydrogen) atoms. The van der Waals surface area contributed by atoms with Crippen LogP contribution in [0.3, 0.4) is 0 Å². The molecule has 1 heterocycles. The molecule has 0 atom stereocenters. The van der Waals surface area contributed by atoms with Crippen LogP contribution in [0.25, 0.3) is 71.6 Å². The van der Waals surface area contributed by atoms with E-state index in [0.29, 0.717) is 0 Å². The van der Waals surface area contributed by atoms with Crippen LogP contribution in [-0.4, -0.2) is 4.57 Å². The van der Waals surface area contributed by atoms with Gasteiger partial charge in [-0.15, -0.1) is 0 Å². The highest BCUT2D eigenvalue weighted by Gasteiger charge is 2.20. The lowest BCUT2D eigenvalue weighted by Crippen LogP contribution is -2.11. The Morgan fingerprint density at radius 3 is 1.31 bits per heavy atom. The maximum absolute atomic E-state index is 2.45. The number of fused-ring (bicyclic) bond motifs is 4. The van der Waals surface area contributed by atoms with Crippen molar-refractivity contribution in [2.75, 3.05) is 4.90 Å². The van der Waals surface area contributed by atoms with Gasteiger partial charge in [-0.25, -0.2) is 0 Å². The number of benzene rings is 9. The summed E-state index contributed by atoms with van der Waals surface area (Å²) in [6.45, 7) is 0. The number of hydrogen-bond donors (Lipinski definition) is 0. The average Bonchev–Trinajstić information content (AvgIpc) is 3.59. The zero-order valence-electron chi connectivity index (χ0n) is 29.7. The summed E-state index contributed by atoms with van der Waals surface area (Å²) in [5, 5.41) is 4.95. The van der Waals surface area contributed by atoms with Gasteiger partial charge >= 0.3 is 0 Å². The lowest BCUT2D eigenvalue weighted by atomic mass is 9.98. The lowest BCUT2D eigenvalue weighted by molar-refractivity contribution is 1.17. The maximum atomic E-state index is 2.45. The van der Waals surface area contributed by atoms with Crippen molar-refractivity contribution in [1.29, 1.82) is 0 Å². The maximum Gasteiger partial charge on any atom is 0.0561 e. The molecule has 0 saturated carbocycles. The van der Waals surface area contributed by atoms with Gasteiger partial charge in [-0.2, -0.15) is 0 Å². The quantitative estimate of drug-likeness (QED) is 0.162. The van der Waals surface area contributed by atoms with Crippen LogP contribution in [0.2, 0.25) is 0 Å². The van der Waals surface area contributed by atoms with E-state index in [1.54, 1.807) is 0 Å². The van der Waals surface area contributed by atoms with E-state index in [0.717, 1.165) is 22.7 Å². The SMILES string of the molecule is c1ccc(-c2ccc(N(c3ccc(-c4ccccc4)cc3)c3ccc(-c4ccc5ccccc5c4)c(-n4c5ccccc5c5ccccc54)c3)cc2)cc1. The number of para-hydroxylation sites is 2. The molecule has 10 aromatic rings. The highest BCUT2D eigenvalue weighted by atomic mass is 15.1. The third-order valence-corrected chi connectivity index (χ3v) is 10.6. The Bertz CT molecular complexity index is 2770. The lowest BCUT2D eigenvalue weighted by Gasteiger charge is -2.27. The zero-order valence-corrected chi connectivity index (χ0v) is 29.7. The average molecular weight is 689 g/mol. The van der Waals surface area contributed by atoms with Crippen LogP contribution in [0.5, 0.6) is 0 Å². The fourth-order valence-electron chi connectivity index (χ4n) is 7.94.